The predicted molar refractivity (Wildman–Crippen MR) is 159 cm³/mol. The fraction of sp³-hybridized carbons (Fsp3) is 0.500. The molecule has 0 radical (unpaired) electrons. The van der Waals surface area contributed by atoms with Crippen LogP contribution in [0.4, 0.5) is 5.82 Å². The van der Waals surface area contributed by atoms with Crippen molar-refractivity contribution < 1.29 is 38.1 Å². The molecule has 1 fully saturated rings. The van der Waals surface area contributed by atoms with Crippen LogP contribution < -0.4 is 15.3 Å². The lowest BCUT2D eigenvalue weighted by atomic mass is 9.92. The van der Waals surface area contributed by atoms with Crippen molar-refractivity contribution in [3.8, 4) is 5.75 Å². The Morgan fingerprint density at radius 3 is 2.65 bits per heavy atom. The third-order valence-electron chi connectivity index (χ3n) is 7.39. The first-order chi connectivity index (χ1) is 20.6. The molecule has 3 heterocycles. The van der Waals surface area contributed by atoms with E-state index in [1.165, 1.54) is 31.0 Å². The molecule has 1 aliphatic rings. The van der Waals surface area contributed by atoms with Crippen LogP contribution in [0.5, 0.6) is 5.75 Å². The largest absolute Gasteiger partial charge is 0.464 e. The number of nitrogens with zero attached hydrogens (tertiary/aromatic N) is 4. The zero-order chi connectivity index (χ0) is 31.2. The van der Waals surface area contributed by atoms with Gasteiger partial charge in [-0.15, -0.1) is 0 Å². The first-order valence-electron chi connectivity index (χ1n) is 14.1. The Kier molecular flexibility index (Phi) is 10.5. The molecular weight excluding hydrogens is 579 g/mol. The summed E-state index contributed by atoms with van der Waals surface area (Å²) in [5.41, 5.74) is 5.10. The molecule has 0 aliphatic carbocycles. The number of carbonyl (C=O) groups is 1. The van der Waals surface area contributed by atoms with Crippen LogP contribution in [0.3, 0.4) is 0 Å². The van der Waals surface area contributed by atoms with Gasteiger partial charge in [-0.05, 0) is 37.1 Å². The summed E-state index contributed by atoms with van der Waals surface area (Å²) in [4.78, 5) is 20.8. The van der Waals surface area contributed by atoms with E-state index < -0.39 is 50.3 Å². The van der Waals surface area contributed by atoms with Gasteiger partial charge in [0.25, 0.3) is 0 Å². The number of nitrogen functional groups attached to an aromatic ring is 1. The summed E-state index contributed by atoms with van der Waals surface area (Å²) in [7, 11) is -2.78. The van der Waals surface area contributed by atoms with Crippen LogP contribution in [0, 0.1) is 5.92 Å². The van der Waals surface area contributed by atoms with Gasteiger partial charge < -0.3 is 29.9 Å². The van der Waals surface area contributed by atoms with Crippen LogP contribution in [-0.2, 0) is 29.0 Å². The van der Waals surface area contributed by atoms with Gasteiger partial charge in [0.1, 0.15) is 41.9 Å². The van der Waals surface area contributed by atoms with Gasteiger partial charge in [0.05, 0.1) is 18.9 Å². The zero-order valence-electron chi connectivity index (χ0n) is 24.6. The smallest absolute Gasteiger partial charge is 0.459 e. The SMILES string of the molecule is CCC(CC)COC(=O)[C@H](C)NP(=O)(OC[C@H]1OC(/C=N\C)(c2ccc3c(N)ncnn23)[C@H](O)[C@@H]1O)Oc1ccccc1. The molecule has 5 N–H and O–H groups in total. The Bertz CT molecular complexity index is 1450. The number of carbonyl (C=O) groups excluding carboxylic acids is 1. The first-order valence-corrected chi connectivity index (χ1v) is 15.6. The second kappa shape index (κ2) is 13.9. The number of rotatable bonds is 14. The first kappa shape index (κ1) is 32.5. The lowest BCUT2D eigenvalue weighted by Gasteiger charge is -2.28. The number of anilines is 1. The van der Waals surface area contributed by atoms with Crippen molar-refractivity contribution in [1.29, 1.82) is 0 Å². The molecule has 0 saturated carbocycles. The van der Waals surface area contributed by atoms with Crippen molar-refractivity contribution in [3.05, 3.63) is 54.5 Å². The molecule has 1 saturated heterocycles. The highest BCUT2D eigenvalue weighted by Crippen LogP contribution is 2.47. The number of aliphatic hydroxyl groups excluding tert-OH is 2. The number of hydrogen-bond acceptors (Lipinski definition) is 12. The normalized spacial score (nSPS) is 24.4. The van der Waals surface area contributed by atoms with E-state index in [-0.39, 0.29) is 24.1 Å². The van der Waals surface area contributed by atoms with Gasteiger partial charge in [-0.2, -0.15) is 10.2 Å². The van der Waals surface area contributed by atoms with E-state index in [4.69, 9.17) is 24.3 Å². The molecule has 14 nitrogen and oxygen atoms in total. The molecule has 0 spiro atoms. The van der Waals surface area contributed by atoms with Crippen LogP contribution in [0.25, 0.3) is 5.52 Å². The molecular formula is C28H39N6O8P. The van der Waals surface area contributed by atoms with Gasteiger partial charge in [-0.1, -0.05) is 44.9 Å². The number of aliphatic imine (C=N–C) groups is 1. The Hall–Kier alpha value is -3.39. The maximum Gasteiger partial charge on any atom is 0.459 e. The molecule has 6 atom stereocenters. The number of nitrogens with two attached hydrogens (primary N) is 1. The molecule has 2 unspecified atom stereocenters. The van der Waals surface area contributed by atoms with E-state index in [2.05, 4.69) is 20.2 Å². The molecule has 43 heavy (non-hydrogen) atoms. The number of aromatic nitrogens is 3. The van der Waals surface area contributed by atoms with Crippen LogP contribution in [-0.4, -0.2) is 81.6 Å². The van der Waals surface area contributed by atoms with Gasteiger partial charge in [-0.3, -0.25) is 14.3 Å². The van der Waals surface area contributed by atoms with Gasteiger partial charge >= 0.3 is 13.7 Å². The van der Waals surface area contributed by atoms with Crippen LogP contribution in [0.15, 0.2) is 53.8 Å². The highest BCUT2D eigenvalue weighted by atomic mass is 31.2. The molecule has 0 bridgehead atoms. The number of benzene rings is 1. The van der Waals surface area contributed by atoms with Crippen molar-refractivity contribution in [2.24, 2.45) is 10.9 Å². The summed E-state index contributed by atoms with van der Waals surface area (Å²) in [6.45, 7) is 5.25. The number of esters is 1. The van der Waals surface area contributed by atoms with E-state index in [0.29, 0.717) is 11.2 Å². The maximum atomic E-state index is 14.0. The van der Waals surface area contributed by atoms with E-state index in [9.17, 15) is 19.6 Å². The van der Waals surface area contributed by atoms with E-state index in [1.54, 1.807) is 42.5 Å². The van der Waals surface area contributed by atoms with Gasteiger partial charge in [-0.25, -0.2) is 14.1 Å². The molecule has 3 aromatic rings. The average molecular weight is 619 g/mol. The number of fused-ring (bicyclic) bond motifs is 1. The molecule has 4 rings (SSSR count). The highest BCUT2D eigenvalue weighted by molar-refractivity contribution is 7.52. The fourth-order valence-electron chi connectivity index (χ4n) is 4.83. The fourth-order valence-corrected chi connectivity index (χ4v) is 6.33. The zero-order valence-corrected chi connectivity index (χ0v) is 25.5. The standard InChI is InChI=1S/C28H39N6O8P/c1-5-19(6-2)14-39-27(37)18(3)33-43(38,42-20-10-8-7-9-11-20)40-15-22-24(35)25(36)28(41-22,16-30-4)23-13-12-21-26(29)31-17-32-34(21)23/h7-13,16-19,22,24-25,35-36H,5-6,14-15H2,1-4H3,(H,33,38)(H2,29,31,32)/b30-16-/t18-,22+,24+,25+,28?,43?/m0/s1. The minimum Gasteiger partial charge on any atom is -0.464 e. The molecule has 15 heteroatoms. The molecule has 0 amide bonds. The van der Waals surface area contributed by atoms with Crippen LogP contribution in [0.1, 0.15) is 39.3 Å². The van der Waals surface area contributed by atoms with Crippen molar-refractivity contribution in [2.75, 3.05) is 26.0 Å². The van der Waals surface area contributed by atoms with Crippen LogP contribution in [0.2, 0.25) is 0 Å². The highest BCUT2D eigenvalue weighted by Gasteiger charge is 2.56. The monoisotopic (exact) mass is 618 g/mol. The molecule has 234 valence electrons. The Morgan fingerprint density at radius 2 is 1.98 bits per heavy atom. The van der Waals surface area contributed by atoms with E-state index in [0.717, 1.165) is 12.8 Å². The Balaban J connectivity index is 1.56. The summed E-state index contributed by atoms with van der Waals surface area (Å²) in [6, 6.07) is 10.5. The summed E-state index contributed by atoms with van der Waals surface area (Å²) in [5.74, 6) is 0.00267. The molecule has 2 aromatic heterocycles. The van der Waals surface area contributed by atoms with Gasteiger partial charge in [0.2, 0.25) is 0 Å². The number of para-hydroxylation sites is 1. The second-order valence-corrected chi connectivity index (χ2v) is 12.0. The summed E-state index contributed by atoms with van der Waals surface area (Å²) < 4.78 is 38.5. The third-order valence-corrected chi connectivity index (χ3v) is 9.04. The summed E-state index contributed by atoms with van der Waals surface area (Å²) >= 11 is 0. The van der Waals surface area contributed by atoms with Crippen molar-refractivity contribution in [1.82, 2.24) is 19.7 Å². The Morgan fingerprint density at radius 1 is 1.26 bits per heavy atom. The minimum absolute atomic E-state index is 0.204. The minimum atomic E-state index is -4.27. The van der Waals surface area contributed by atoms with Crippen LogP contribution >= 0.6 is 7.75 Å². The quantitative estimate of drug-likeness (QED) is 0.117. The topological polar surface area (TPSA) is 192 Å². The maximum absolute atomic E-state index is 14.0. The van der Waals surface area contributed by atoms with Crippen molar-refractivity contribution >= 4 is 31.3 Å². The number of nitrogens with one attached hydrogen (secondary N) is 1. The predicted octanol–water partition coefficient (Wildman–Crippen LogP) is 2.49. The lowest BCUT2D eigenvalue weighted by Crippen LogP contribution is -2.43. The van der Waals surface area contributed by atoms with Crippen molar-refractivity contribution in [3.63, 3.8) is 0 Å². The molecule has 1 aromatic carbocycles. The summed E-state index contributed by atoms with van der Waals surface area (Å²) in [6.07, 6.45) is 0.0605. The number of hydrogen-bond donors (Lipinski definition) is 4. The lowest BCUT2D eigenvalue weighted by molar-refractivity contribution is -0.146. The third kappa shape index (κ3) is 7.06. The molecule has 1 aliphatic heterocycles. The second-order valence-electron chi connectivity index (χ2n) is 10.3. The number of ether oxygens (including phenoxy) is 2. The van der Waals surface area contributed by atoms with E-state index in [1.807, 2.05) is 13.8 Å². The van der Waals surface area contributed by atoms with E-state index >= 15 is 0 Å². The Labute approximate surface area is 249 Å². The summed E-state index contributed by atoms with van der Waals surface area (Å²) in [5, 5.41) is 29.2. The number of aliphatic hydroxyl groups is 2. The van der Waals surface area contributed by atoms with Gasteiger partial charge in [0.15, 0.2) is 11.4 Å². The van der Waals surface area contributed by atoms with Gasteiger partial charge in [0, 0.05) is 13.3 Å². The van der Waals surface area contributed by atoms with Crippen molar-refractivity contribution in [2.45, 2.75) is 63.6 Å². The average Bonchev–Trinajstić information content (AvgIpc) is 3.54.